The molecule has 0 unspecified atom stereocenters. The Morgan fingerprint density at radius 1 is 1.24 bits per heavy atom. The number of hydrogen-bond donors (Lipinski definition) is 1. The molecular formula is C18H24N4O2S. The van der Waals surface area contributed by atoms with Gasteiger partial charge in [-0.25, -0.2) is 13.4 Å². The van der Waals surface area contributed by atoms with Crippen LogP contribution in [0.15, 0.2) is 41.4 Å². The van der Waals surface area contributed by atoms with Crippen LogP contribution in [-0.2, 0) is 16.6 Å². The highest BCUT2D eigenvalue weighted by atomic mass is 32.2. The molecule has 0 saturated carbocycles. The molecule has 7 heteroatoms. The van der Waals surface area contributed by atoms with E-state index in [1.807, 2.05) is 12.1 Å². The number of rotatable bonds is 5. The molecule has 2 N–H and O–H groups in total. The average molecular weight is 360 g/mol. The van der Waals surface area contributed by atoms with Crippen LogP contribution in [0.3, 0.4) is 0 Å². The van der Waals surface area contributed by atoms with Crippen LogP contribution in [0.4, 0.5) is 11.5 Å². The van der Waals surface area contributed by atoms with Crippen LogP contribution in [0.1, 0.15) is 24.0 Å². The third kappa shape index (κ3) is 3.77. The number of pyridine rings is 1. The number of aromatic nitrogens is 1. The van der Waals surface area contributed by atoms with Crippen LogP contribution in [0.25, 0.3) is 0 Å². The molecule has 0 atom stereocenters. The Morgan fingerprint density at radius 3 is 2.64 bits per heavy atom. The number of anilines is 2. The number of aryl methyl sites for hydroxylation is 1. The minimum Gasteiger partial charge on any atom is -0.383 e. The number of hydrogen-bond acceptors (Lipinski definition) is 5. The van der Waals surface area contributed by atoms with Crippen molar-refractivity contribution in [1.29, 1.82) is 0 Å². The number of benzene rings is 1. The van der Waals surface area contributed by atoms with E-state index < -0.39 is 10.0 Å². The Balaban J connectivity index is 1.80. The van der Waals surface area contributed by atoms with E-state index in [2.05, 4.69) is 22.0 Å². The Bertz CT molecular complexity index is 861. The highest BCUT2D eigenvalue weighted by Gasteiger charge is 2.22. The summed E-state index contributed by atoms with van der Waals surface area (Å²) in [4.78, 5) is 6.47. The van der Waals surface area contributed by atoms with Crippen LogP contribution in [0.2, 0.25) is 0 Å². The first-order chi connectivity index (χ1) is 11.9. The molecule has 0 aliphatic carbocycles. The summed E-state index contributed by atoms with van der Waals surface area (Å²) in [6, 6.07) is 9.66. The Kier molecular flexibility index (Phi) is 4.96. The van der Waals surface area contributed by atoms with Gasteiger partial charge < -0.3 is 10.6 Å². The van der Waals surface area contributed by atoms with Crippen molar-refractivity contribution < 1.29 is 8.42 Å². The van der Waals surface area contributed by atoms with Crippen molar-refractivity contribution in [3.8, 4) is 0 Å². The van der Waals surface area contributed by atoms with Gasteiger partial charge in [0.15, 0.2) is 0 Å². The predicted molar refractivity (Wildman–Crippen MR) is 99.9 cm³/mol. The van der Waals surface area contributed by atoms with Crippen molar-refractivity contribution in [1.82, 2.24) is 9.29 Å². The van der Waals surface area contributed by atoms with Crippen LogP contribution in [-0.4, -0.2) is 37.8 Å². The van der Waals surface area contributed by atoms with Crippen molar-refractivity contribution in [3.05, 3.63) is 47.7 Å². The van der Waals surface area contributed by atoms with E-state index in [-0.39, 0.29) is 4.90 Å². The van der Waals surface area contributed by atoms with Gasteiger partial charge in [-0.3, -0.25) is 0 Å². The van der Waals surface area contributed by atoms with Gasteiger partial charge in [-0.15, -0.1) is 0 Å². The van der Waals surface area contributed by atoms with Crippen LogP contribution >= 0.6 is 0 Å². The van der Waals surface area contributed by atoms with Crippen molar-refractivity contribution >= 4 is 21.5 Å². The van der Waals surface area contributed by atoms with Crippen molar-refractivity contribution in [3.63, 3.8) is 0 Å². The Morgan fingerprint density at radius 2 is 1.96 bits per heavy atom. The third-order valence-corrected chi connectivity index (χ3v) is 6.36. The smallest absolute Gasteiger partial charge is 0.244 e. The maximum Gasteiger partial charge on any atom is 0.244 e. The molecule has 1 saturated heterocycles. The molecule has 134 valence electrons. The first-order valence-corrected chi connectivity index (χ1v) is 9.84. The molecule has 1 aromatic heterocycles. The van der Waals surface area contributed by atoms with Crippen molar-refractivity contribution in [2.24, 2.45) is 0 Å². The van der Waals surface area contributed by atoms with E-state index in [1.165, 1.54) is 23.3 Å². The summed E-state index contributed by atoms with van der Waals surface area (Å²) in [5.74, 6) is 0.347. The molecule has 1 aromatic carbocycles. The second kappa shape index (κ2) is 7.01. The molecule has 1 aliphatic rings. The third-order valence-electron chi connectivity index (χ3n) is 4.59. The van der Waals surface area contributed by atoms with Gasteiger partial charge in [-0.1, -0.05) is 12.1 Å². The number of nitrogen functional groups attached to an aromatic ring is 1. The van der Waals surface area contributed by atoms with Gasteiger partial charge in [0.1, 0.15) is 10.7 Å². The van der Waals surface area contributed by atoms with E-state index in [1.54, 1.807) is 20.0 Å². The largest absolute Gasteiger partial charge is 0.383 e. The Labute approximate surface area is 149 Å². The van der Waals surface area contributed by atoms with Crippen LogP contribution in [0.5, 0.6) is 0 Å². The predicted octanol–water partition coefficient (Wildman–Crippen LogP) is 2.39. The monoisotopic (exact) mass is 360 g/mol. The first-order valence-electron chi connectivity index (χ1n) is 8.40. The summed E-state index contributed by atoms with van der Waals surface area (Å²) in [5.41, 5.74) is 8.47. The van der Waals surface area contributed by atoms with Gasteiger partial charge in [0.2, 0.25) is 10.0 Å². The van der Waals surface area contributed by atoms with E-state index in [9.17, 15) is 8.42 Å². The second-order valence-electron chi connectivity index (χ2n) is 6.50. The van der Waals surface area contributed by atoms with Crippen molar-refractivity contribution in [2.75, 3.05) is 30.8 Å². The lowest BCUT2D eigenvalue weighted by Gasteiger charge is -2.21. The minimum atomic E-state index is -3.61. The fraction of sp³-hybridized carbons (Fsp3) is 0.389. The highest BCUT2D eigenvalue weighted by Crippen LogP contribution is 2.23. The molecule has 1 fully saturated rings. The standard InChI is InChI=1S/C18H24N4O2S/c1-14-10-17(12-20-18(14)19)25(23,24)21(2)13-15-6-5-7-16(11-15)22-8-3-4-9-22/h5-7,10-12H,3-4,8-9,13H2,1-2H3,(H2,19,20). The minimum absolute atomic E-state index is 0.164. The molecule has 0 amide bonds. The fourth-order valence-corrected chi connectivity index (χ4v) is 4.24. The van der Waals surface area contributed by atoms with Gasteiger partial charge in [-0.2, -0.15) is 4.31 Å². The van der Waals surface area contributed by atoms with Crippen molar-refractivity contribution in [2.45, 2.75) is 31.2 Å². The number of sulfonamides is 1. The normalized spacial score (nSPS) is 15.1. The average Bonchev–Trinajstić information content (AvgIpc) is 3.12. The number of nitrogens with zero attached hydrogens (tertiary/aromatic N) is 3. The molecule has 6 nitrogen and oxygen atoms in total. The zero-order valence-electron chi connectivity index (χ0n) is 14.6. The maximum atomic E-state index is 12.8. The van der Waals surface area contributed by atoms with Gasteiger partial charge >= 0.3 is 0 Å². The van der Waals surface area contributed by atoms with Gasteiger partial charge in [0.05, 0.1) is 0 Å². The lowest BCUT2D eigenvalue weighted by Crippen LogP contribution is -2.27. The molecule has 3 rings (SSSR count). The molecular weight excluding hydrogens is 336 g/mol. The zero-order chi connectivity index (χ0) is 18.0. The topological polar surface area (TPSA) is 79.5 Å². The van der Waals surface area contributed by atoms with Gasteiger partial charge in [0, 0.05) is 38.6 Å². The first kappa shape index (κ1) is 17.7. The van der Waals surface area contributed by atoms with E-state index in [0.717, 1.165) is 24.3 Å². The second-order valence-corrected chi connectivity index (χ2v) is 8.54. The zero-order valence-corrected chi connectivity index (χ0v) is 15.5. The lowest BCUT2D eigenvalue weighted by atomic mass is 10.2. The summed E-state index contributed by atoms with van der Waals surface area (Å²) in [6.45, 7) is 4.19. The van der Waals surface area contributed by atoms with E-state index in [0.29, 0.717) is 17.9 Å². The highest BCUT2D eigenvalue weighted by molar-refractivity contribution is 7.89. The SMILES string of the molecule is Cc1cc(S(=O)(=O)N(C)Cc2cccc(N3CCCC3)c2)cnc1N. The summed E-state index contributed by atoms with van der Waals surface area (Å²) in [7, 11) is -2.02. The summed E-state index contributed by atoms with van der Waals surface area (Å²) in [6.07, 6.45) is 3.73. The molecule has 0 spiro atoms. The molecule has 2 aromatic rings. The molecule has 0 radical (unpaired) electrons. The fourth-order valence-electron chi connectivity index (χ4n) is 3.05. The molecule has 25 heavy (non-hydrogen) atoms. The van der Waals surface area contributed by atoms with Crippen LogP contribution in [0, 0.1) is 6.92 Å². The molecule has 0 bridgehead atoms. The van der Waals surface area contributed by atoms with E-state index in [4.69, 9.17) is 5.73 Å². The summed E-state index contributed by atoms with van der Waals surface area (Å²) >= 11 is 0. The van der Waals surface area contributed by atoms with Crippen LogP contribution < -0.4 is 10.6 Å². The van der Waals surface area contributed by atoms with Gasteiger partial charge in [-0.05, 0) is 49.1 Å². The number of nitrogens with two attached hydrogens (primary N) is 1. The summed E-state index contributed by atoms with van der Waals surface area (Å²) < 4.78 is 26.9. The maximum absolute atomic E-state index is 12.8. The molecule has 1 aliphatic heterocycles. The van der Waals surface area contributed by atoms with E-state index >= 15 is 0 Å². The summed E-state index contributed by atoms with van der Waals surface area (Å²) in [5, 5.41) is 0. The van der Waals surface area contributed by atoms with Gasteiger partial charge in [0.25, 0.3) is 0 Å². The lowest BCUT2D eigenvalue weighted by molar-refractivity contribution is 0.466. The quantitative estimate of drug-likeness (QED) is 0.886. The Hall–Kier alpha value is -2.12. The molecule has 2 heterocycles.